The van der Waals surface area contributed by atoms with Crippen molar-refractivity contribution in [2.45, 2.75) is 0 Å². The van der Waals surface area contributed by atoms with E-state index in [1.165, 1.54) is 0 Å². The molecule has 0 unspecified atom stereocenters. The van der Waals surface area contributed by atoms with Gasteiger partial charge in [0.1, 0.15) is 5.82 Å². The Hall–Kier alpha value is -2.83. The van der Waals surface area contributed by atoms with Gasteiger partial charge in [-0.15, -0.1) is 0 Å². The third-order valence-electron chi connectivity index (χ3n) is 4.85. The van der Waals surface area contributed by atoms with Gasteiger partial charge in [0, 0.05) is 51.5 Å². The zero-order valence-corrected chi connectivity index (χ0v) is 17.2. The number of anilines is 1. The molecule has 0 atom stereocenters. The lowest BCUT2D eigenvalue weighted by Gasteiger charge is -2.27. The Kier molecular flexibility index (Phi) is 7.67. The first-order valence-corrected chi connectivity index (χ1v) is 10.0. The lowest BCUT2D eigenvalue weighted by Crippen LogP contribution is -2.41. The summed E-state index contributed by atoms with van der Waals surface area (Å²) in [6, 6.07) is 17.5. The summed E-state index contributed by atoms with van der Waals surface area (Å²) in [7, 11) is 4.03. The predicted molar refractivity (Wildman–Crippen MR) is 118 cm³/mol. The zero-order valence-electron chi connectivity index (χ0n) is 17.2. The highest BCUT2D eigenvalue weighted by molar-refractivity contribution is 5.95. The van der Waals surface area contributed by atoms with Gasteiger partial charge >= 0.3 is 0 Å². The summed E-state index contributed by atoms with van der Waals surface area (Å²) in [6.45, 7) is 5.11. The molecule has 1 fully saturated rings. The van der Waals surface area contributed by atoms with Crippen molar-refractivity contribution in [1.29, 1.82) is 0 Å². The van der Waals surface area contributed by atoms with Gasteiger partial charge in [0.25, 0.3) is 5.91 Å². The molecular formula is C23H30N4O2. The van der Waals surface area contributed by atoms with Crippen LogP contribution in [-0.4, -0.2) is 64.3 Å². The fraction of sp³-hybridized carbons (Fsp3) is 0.348. The van der Waals surface area contributed by atoms with Crippen LogP contribution in [0.3, 0.4) is 0 Å². The van der Waals surface area contributed by atoms with Crippen LogP contribution in [-0.2, 0) is 4.74 Å². The summed E-state index contributed by atoms with van der Waals surface area (Å²) in [5, 5.41) is 6.40. The van der Waals surface area contributed by atoms with Crippen LogP contribution in [0, 0.1) is 0 Å². The summed E-state index contributed by atoms with van der Waals surface area (Å²) in [5.41, 5.74) is 2.80. The number of nitrogens with zero attached hydrogens (tertiary/aromatic N) is 2. The zero-order chi connectivity index (χ0) is 20.5. The molecule has 6 heteroatoms. The summed E-state index contributed by atoms with van der Waals surface area (Å²) < 4.78 is 5.40. The normalized spacial score (nSPS) is 15.0. The standard InChI is InChI=1S/C23H30N4O2/c1-26(2)21-10-8-19(9-11-21)18-22(24-12-13-27-14-16-29-17-15-27)25-23(28)20-6-4-3-5-7-20/h3-11,18,24H,12-17H2,1-2H3,(H,25,28)/b22-18-. The number of carbonyl (C=O) groups is 1. The van der Waals surface area contributed by atoms with Gasteiger partial charge in [-0.25, -0.2) is 0 Å². The van der Waals surface area contributed by atoms with Crippen molar-refractivity contribution in [1.82, 2.24) is 15.5 Å². The Bertz CT molecular complexity index is 797. The minimum absolute atomic E-state index is 0.124. The molecule has 0 bridgehead atoms. The smallest absolute Gasteiger partial charge is 0.256 e. The summed E-state index contributed by atoms with van der Waals surface area (Å²) in [5.74, 6) is 0.574. The van der Waals surface area contributed by atoms with E-state index in [0.717, 1.165) is 50.6 Å². The summed E-state index contributed by atoms with van der Waals surface area (Å²) in [6.07, 6.45) is 1.97. The van der Waals surface area contributed by atoms with Crippen LogP contribution in [0.5, 0.6) is 0 Å². The lowest BCUT2D eigenvalue weighted by molar-refractivity contribution is 0.0386. The second-order valence-corrected chi connectivity index (χ2v) is 7.24. The average molecular weight is 395 g/mol. The SMILES string of the molecule is CN(C)c1ccc(/C=C(/NCCN2CCOCC2)NC(=O)c2ccccc2)cc1. The molecule has 1 aliphatic heterocycles. The summed E-state index contributed by atoms with van der Waals surface area (Å²) in [4.78, 5) is 17.0. The van der Waals surface area contributed by atoms with Crippen molar-refractivity contribution < 1.29 is 9.53 Å². The molecule has 0 aromatic heterocycles. The van der Waals surface area contributed by atoms with E-state index >= 15 is 0 Å². The van der Waals surface area contributed by atoms with E-state index in [9.17, 15) is 4.79 Å². The number of nitrogens with one attached hydrogen (secondary N) is 2. The van der Waals surface area contributed by atoms with Crippen molar-refractivity contribution in [3.05, 3.63) is 71.5 Å². The maximum Gasteiger partial charge on any atom is 0.256 e. The van der Waals surface area contributed by atoms with Crippen molar-refractivity contribution in [3.8, 4) is 0 Å². The number of hydrogen-bond donors (Lipinski definition) is 2. The number of benzene rings is 2. The number of ether oxygens (including phenoxy) is 1. The number of carbonyl (C=O) groups excluding carboxylic acids is 1. The third-order valence-corrected chi connectivity index (χ3v) is 4.85. The van der Waals surface area contributed by atoms with Crippen LogP contribution in [0.4, 0.5) is 5.69 Å². The van der Waals surface area contributed by atoms with Gasteiger partial charge in [-0.2, -0.15) is 0 Å². The second kappa shape index (κ2) is 10.6. The molecule has 2 aromatic carbocycles. The fourth-order valence-electron chi connectivity index (χ4n) is 3.12. The maximum absolute atomic E-state index is 12.6. The number of hydrogen-bond acceptors (Lipinski definition) is 5. The van der Waals surface area contributed by atoms with Gasteiger partial charge in [0.05, 0.1) is 13.2 Å². The van der Waals surface area contributed by atoms with E-state index < -0.39 is 0 Å². The van der Waals surface area contributed by atoms with Gasteiger partial charge in [0.2, 0.25) is 0 Å². The van der Waals surface area contributed by atoms with Crippen molar-refractivity contribution >= 4 is 17.7 Å². The van der Waals surface area contributed by atoms with Crippen LogP contribution in [0.1, 0.15) is 15.9 Å². The highest BCUT2D eigenvalue weighted by Crippen LogP contribution is 2.14. The lowest BCUT2D eigenvalue weighted by atomic mass is 10.2. The largest absolute Gasteiger partial charge is 0.379 e. The minimum atomic E-state index is -0.124. The number of morpholine rings is 1. The average Bonchev–Trinajstić information content (AvgIpc) is 2.75. The van der Waals surface area contributed by atoms with E-state index in [-0.39, 0.29) is 5.91 Å². The molecule has 0 aliphatic carbocycles. The van der Waals surface area contributed by atoms with Crippen LogP contribution in [0.2, 0.25) is 0 Å². The highest BCUT2D eigenvalue weighted by Gasteiger charge is 2.11. The monoisotopic (exact) mass is 394 g/mol. The maximum atomic E-state index is 12.6. The van der Waals surface area contributed by atoms with Crippen molar-refractivity contribution in [3.63, 3.8) is 0 Å². The topological polar surface area (TPSA) is 56.8 Å². The molecule has 2 aromatic rings. The molecular weight excluding hydrogens is 364 g/mol. The fourth-order valence-corrected chi connectivity index (χ4v) is 3.12. The number of rotatable bonds is 8. The molecule has 6 nitrogen and oxygen atoms in total. The molecule has 29 heavy (non-hydrogen) atoms. The molecule has 3 rings (SSSR count). The Morgan fingerprint density at radius 3 is 2.41 bits per heavy atom. The van der Waals surface area contributed by atoms with Gasteiger partial charge in [0.15, 0.2) is 0 Å². The Morgan fingerprint density at radius 2 is 1.76 bits per heavy atom. The van der Waals surface area contributed by atoms with Gasteiger partial charge in [-0.1, -0.05) is 30.3 Å². The van der Waals surface area contributed by atoms with E-state index in [1.807, 2.05) is 62.6 Å². The molecule has 154 valence electrons. The van der Waals surface area contributed by atoms with Gasteiger partial charge in [-0.3, -0.25) is 9.69 Å². The van der Waals surface area contributed by atoms with E-state index in [1.54, 1.807) is 0 Å². The molecule has 1 amide bonds. The Balaban J connectivity index is 1.68. The highest BCUT2D eigenvalue weighted by atomic mass is 16.5. The molecule has 0 radical (unpaired) electrons. The quantitative estimate of drug-likeness (QED) is 0.720. The van der Waals surface area contributed by atoms with Crippen molar-refractivity contribution in [2.75, 3.05) is 58.4 Å². The van der Waals surface area contributed by atoms with Crippen molar-refractivity contribution in [2.24, 2.45) is 0 Å². The molecule has 1 heterocycles. The first-order valence-electron chi connectivity index (χ1n) is 10.0. The minimum Gasteiger partial charge on any atom is -0.379 e. The molecule has 2 N–H and O–H groups in total. The predicted octanol–water partition coefficient (Wildman–Crippen LogP) is 2.40. The van der Waals surface area contributed by atoms with E-state index in [2.05, 4.69) is 32.6 Å². The third kappa shape index (κ3) is 6.62. The Labute approximate surface area is 173 Å². The van der Waals surface area contributed by atoms with E-state index in [0.29, 0.717) is 11.4 Å². The first-order chi connectivity index (χ1) is 14.1. The number of amides is 1. The summed E-state index contributed by atoms with van der Waals surface area (Å²) >= 11 is 0. The van der Waals surface area contributed by atoms with Crippen LogP contribution < -0.4 is 15.5 Å². The Morgan fingerprint density at radius 1 is 1.07 bits per heavy atom. The van der Waals surface area contributed by atoms with Gasteiger partial charge in [-0.05, 0) is 35.9 Å². The van der Waals surface area contributed by atoms with Crippen LogP contribution >= 0.6 is 0 Å². The molecule has 1 saturated heterocycles. The molecule has 0 saturated carbocycles. The van der Waals surface area contributed by atoms with E-state index in [4.69, 9.17) is 4.74 Å². The molecule has 1 aliphatic rings. The molecule has 0 spiro atoms. The first kappa shape index (κ1) is 20.9. The second-order valence-electron chi connectivity index (χ2n) is 7.24. The van der Waals surface area contributed by atoms with Crippen LogP contribution in [0.15, 0.2) is 60.4 Å². The van der Waals surface area contributed by atoms with Crippen LogP contribution in [0.25, 0.3) is 6.08 Å². The van der Waals surface area contributed by atoms with Gasteiger partial charge < -0.3 is 20.3 Å².